The smallest absolute Gasteiger partial charge is 0.0791 e. The van der Waals surface area contributed by atoms with E-state index in [4.69, 9.17) is 0 Å². The Labute approximate surface area is 114 Å². The van der Waals surface area contributed by atoms with E-state index in [2.05, 4.69) is 66.2 Å². The van der Waals surface area contributed by atoms with Gasteiger partial charge in [0.2, 0.25) is 0 Å². The molecule has 0 aliphatic carbocycles. The van der Waals surface area contributed by atoms with Gasteiger partial charge in [-0.05, 0) is 25.8 Å². The van der Waals surface area contributed by atoms with Crippen molar-refractivity contribution in [2.45, 2.75) is 37.2 Å². The summed E-state index contributed by atoms with van der Waals surface area (Å²) >= 11 is 2.12. The first-order valence-electron chi connectivity index (χ1n) is 6.77. The average molecular weight is 262 g/mol. The van der Waals surface area contributed by atoms with E-state index in [0.717, 1.165) is 6.54 Å². The van der Waals surface area contributed by atoms with Gasteiger partial charge in [0.05, 0.1) is 4.87 Å². The Morgan fingerprint density at radius 3 is 2.72 bits per heavy atom. The predicted octanol–water partition coefficient (Wildman–Crippen LogP) is 2.70. The van der Waals surface area contributed by atoms with Crippen LogP contribution in [0.4, 0.5) is 0 Å². The zero-order valence-electron chi connectivity index (χ0n) is 11.3. The second-order valence-corrected chi connectivity index (χ2v) is 7.60. The Kier molecular flexibility index (Phi) is 3.16. The van der Waals surface area contributed by atoms with Gasteiger partial charge in [-0.3, -0.25) is 10.2 Å². The largest absolute Gasteiger partial charge is 0.296 e. The monoisotopic (exact) mass is 262 g/mol. The third kappa shape index (κ3) is 2.58. The summed E-state index contributed by atoms with van der Waals surface area (Å²) in [5.41, 5.74) is 1.73. The number of hydrogen-bond donors (Lipinski definition) is 1. The van der Waals surface area contributed by atoms with Crippen LogP contribution in [0.15, 0.2) is 30.3 Å². The topological polar surface area (TPSA) is 15.3 Å². The van der Waals surface area contributed by atoms with Crippen molar-refractivity contribution in [1.29, 1.82) is 0 Å². The van der Waals surface area contributed by atoms with Gasteiger partial charge in [-0.15, -0.1) is 11.8 Å². The lowest BCUT2D eigenvalue weighted by molar-refractivity contribution is 0.300. The molecule has 0 amide bonds. The Hall–Kier alpha value is -0.510. The number of thioether (sulfide) groups is 1. The molecule has 1 unspecified atom stereocenters. The van der Waals surface area contributed by atoms with Crippen LogP contribution in [0.2, 0.25) is 0 Å². The van der Waals surface area contributed by atoms with E-state index in [1.54, 1.807) is 0 Å². The first kappa shape index (κ1) is 12.5. The lowest BCUT2D eigenvalue weighted by atomic mass is 10.1. The molecule has 98 valence electrons. The van der Waals surface area contributed by atoms with E-state index >= 15 is 0 Å². The van der Waals surface area contributed by atoms with Gasteiger partial charge in [0.15, 0.2) is 0 Å². The normalized spacial score (nSPS) is 31.2. The van der Waals surface area contributed by atoms with Crippen LogP contribution < -0.4 is 5.32 Å². The minimum atomic E-state index is 0.299. The van der Waals surface area contributed by atoms with E-state index in [1.165, 1.54) is 30.8 Å². The van der Waals surface area contributed by atoms with Crippen LogP contribution in [0.25, 0.3) is 0 Å². The maximum absolute atomic E-state index is 3.84. The maximum atomic E-state index is 3.84. The highest BCUT2D eigenvalue weighted by atomic mass is 32.2. The number of nitrogens with one attached hydrogen (secondary N) is 1. The minimum Gasteiger partial charge on any atom is -0.296 e. The van der Waals surface area contributed by atoms with Gasteiger partial charge in [0.1, 0.15) is 0 Å². The minimum absolute atomic E-state index is 0.299. The summed E-state index contributed by atoms with van der Waals surface area (Å²) < 4.78 is 0. The molecule has 2 saturated heterocycles. The van der Waals surface area contributed by atoms with Crippen molar-refractivity contribution in [3.05, 3.63) is 35.9 Å². The third-order valence-corrected chi connectivity index (χ3v) is 5.69. The number of benzene rings is 1. The molecule has 2 nitrogen and oxygen atoms in total. The maximum Gasteiger partial charge on any atom is 0.0791 e. The lowest BCUT2D eigenvalue weighted by Crippen LogP contribution is -2.48. The van der Waals surface area contributed by atoms with Gasteiger partial charge < -0.3 is 0 Å². The zero-order valence-corrected chi connectivity index (χ0v) is 12.1. The van der Waals surface area contributed by atoms with Crippen molar-refractivity contribution >= 4 is 11.8 Å². The highest BCUT2D eigenvalue weighted by molar-refractivity contribution is 8.01. The van der Waals surface area contributed by atoms with Gasteiger partial charge in [-0.1, -0.05) is 30.3 Å². The van der Waals surface area contributed by atoms with E-state index in [0.29, 0.717) is 10.4 Å². The Morgan fingerprint density at radius 1 is 1.28 bits per heavy atom. The molecule has 3 rings (SSSR count). The highest BCUT2D eigenvalue weighted by Gasteiger charge is 2.47. The third-order valence-electron chi connectivity index (χ3n) is 3.84. The summed E-state index contributed by atoms with van der Waals surface area (Å²) in [5, 5.41) is 3.84. The summed E-state index contributed by atoms with van der Waals surface area (Å²) in [5.74, 6) is 1.23. The van der Waals surface area contributed by atoms with Crippen LogP contribution in [-0.2, 0) is 6.54 Å². The van der Waals surface area contributed by atoms with Crippen molar-refractivity contribution < 1.29 is 0 Å². The van der Waals surface area contributed by atoms with Crippen LogP contribution in [0, 0.1) is 0 Å². The molecule has 2 heterocycles. The SMILES string of the molecule is CC1(C)CSC2(CCN(Cc3ccccc3)C2)N1. The molecule has 18 heavy (non-hydrogen) atoms. The second-order valence-electron chi connectivity index (χ2n) is 6.24. The molecule has 2 aliphatic rings. The summed E-state index contributed by atoms with van der Waals surface area (Å²) in [6.07, 6.45) is 1.27. The molecule has 1 spiro atoms. The number of likely N-dealkylation sites (tertiary alicyclic amines) is 1. The van der Waals surface area contributed by atoms with Crippen molar-refractivity contribution in [2.75, 3.05) is 18.8 Å². The van der Waals surface area contributed by atoms with E-state index in [1.807, 2.05) is 0 Å². The second kappa shape index (κ2) is 4.55. The highest BCUT2D eigenvalue weighted by Crippen LogP contribution is 2.42. The van der Waals surface area contributed by atoms with Crippen LogP contribution in [0.1, 0.15) is 25.8 Å². The molecule has 1 aromatic rings. The molecule has 2 aliphatic heterocycles. The summed E-state index contributed by atoms with van der Waals surface area (Å²) in [6.45, 7) is 8.11. The number of rotatable bonds is 2. The average Bonchev–Trinajstić information content (AvgIpc) is 2.85. The molecule has 2 fully saturated rings. The Morgan fingerprint density at radius 2 is 2.06 bits per heavy atom. The van der Waals surface area contributed by atoms with Crippen LogP contribution in [-0.4, -0.2) is 34.2 Å². The molecule has 0 radical (unpaired) electrons. The standard InChI is InChI=1S/C15H22N2S/c1-14(2)12-18-15(16-14)8-9-17(11-15)10-13-6-4-3-5-7-13/h3-7,16H,8-12H2,1-2H3. The predicted molar refractivity (Wildman–Crippen MR) is 78.7 cm³/mol. The number of hydrogen-bond acceptors (Lipinski definition) is 3. The molecule has 1 aromatic carbocycles. The van der Waals surface area contributed by atoms with Crippen molar-refractivity contribution in [2.24, 2.45) is 0 Å². The summed E-state index contributed by atoms with van der Waals surface area (Å²) in [7, 11) is 0. The summed E-state index contributed by atoms with van der Waals surface area (Å²) in [4.78, 5) is 2.90. The quantitative estimate of drug-likeness (QED) is 0.882. The first-order valence-corrected chi connectivity index (χ1v) is 7.75. The van der Waals surface area contributed by atoms with Crippen LogP contribution >= 0.6 is 11.8 Å². The van der Waals surface area contributed by atoms with Crippen molar-refractivity contribution in [1.82, 2.24) is 10.2 Å². The molecular weight excluding hydrogens is 240 g/mol. The number of nitrogens with zero attached hydrogens (tertiary/aromatic N) is 1. The molecule has 1 atom stereocenters. The van der Waals surface area contributed by atoms with E-state index in [9.17, 15) is 0 Å². The fourth-order valence-corrected chi connectivity index (χ4v) is 4.63. The van der Waals surface area contributed by atoms with Gasteiger partial charge >= 0.3 is 0 Å². The zero-order chi connectivity index (χ0) is 12.6. The van der Waals surface area contributed by atoms with Crippen LogP contribution in [0.3, 0.4) is 0 Å². The fourth-order valence-electron chi connectivity index (χ4n) is 3.06. The molecule has 0 saturated carbocycles. The van der Waals surface area contributed by atoms with Crippen molar-refractivity contribution in [3.63, 3.8) is 0 Å². The first-order chi connectivity index (χ1) is 8.57. The molecule has 3 heteroatoms. The summed E-state index contributed by atoms with van der Waals surface area (Å²) in [6, 6.07) is 10.8. The van der Waals surface area contributed by atoms with Gasteiger partial charge in [0, 0.05) is 30.9 Å². The Bertz CT molecular complexity index is 418. The van der Waals surface area contributed by atoms with Gasteiger partial charge in [-0.25, -0.2) is 0 Å². The Balaban J connectivity index is 1.63. The van der Waals surface area contributed by atoms with E-state index in [-0.39, 0.29) is 0 Å². The molecule has 1 N–H and O–H groups in total. The van der Waals surface area contributed by atoms with Crippen molar-refractivity contribution in [3.8, 4) is 0 Å². The molecule has 0 bridgehead atoms. The van der Waals surface area contributed by atoms with Crippen LogP contribution in [0.5, 0.6) is 0 Å². The fraction of sp³-hybridized carbons (Fsp3) is 0.600. The molecular formula is C15H22N2S. The molecule has 0 aromatic heterocycles. The lowest BCUT2D eigenvalue weighted by Gasteiger charge is -2.27. The van der Waals surface area contributed by atoms with E-state index < -0.39 is 0 Å². The van der Waals surface area contributed by atoms with Gasteiger partial charge in [0.25, 0.3) is 0 Å². The van der Waals surface area contributed by atoms with Gasteiger partial charge in [-0.2, -0.15) is 0 Å².